The lowest BCUT2D eigenvalue weighted by molar-refractivity contribution is 0.324. The molecule has 0 amide bonds. The molecule has 3 nitrogen and oxygen atoms in total. The fraction of sp³-hybridized carbons (Fsp3) is 0.429. The van der Waals surface area contributed by atoms with E-state index in [-0.39, 0.29) is 0 Å². The second-order valence-electron chi connectivity index (χ2n) is 6.35. The molecule has 0 N–H and O–H groups in total. The topological polar surface area (TPSA) is 29.0 Å². The Balaban J connectivity index is 1.99. The van der Waals surface area contributed by atoms with Gasteiger partial charge in [0.1, 0.15) is 16.2 Å². The average molecular weight is 386 g/mol. The lowest BCUT2D eigenvalue weighted by Crippen LogP contribution is -2.25. The fourth-order valence-electron chi connectivity index (χ4n) is 3.15. The molecule has 3 rings (SSSR count). The highest BCUT2D eigenvalue weighted by atomic mass is 32.2. The minimum absolute atomic E-state index is 1.02. The largest absolute Gasteiger partial charge is 0.303 e. The first-order valence-electron chi connectivity index (χ1n) is 9.36. The Bertz CT molecular complexity index is 852. The molecule has 26 heavy (non-hydrogen) atoms. The first kappa shape index (κ1) is 19.3. The molecule has 0 bridgehead atoms. The molecule has 138 valence electrons. The van der Waals surface area contributed by atoms with E-state index in [0.29, 0.717) is 0 Å². The molecular weight excluding hydrogens is 358 g/mol. The molecule has 0 aliphatic carbocycles. The number of thioether (sulfide) groups is 1. The standard InChI is InChI=1S/C21H27N3S2/c1-5-17-18(16-10-8-15(4)9-11-16)19-20(22-14-23-21(19)26-17)25-13-12-24(6-2)7-3/h8-11,14H,5-7,12-13H2,1-4H3. The highest BCUT2D eigenvalue weighted by Crippen LogP contribution is 2.41. The van der Waals surface area contributed by atoms with E-state index in [1.165, 1.54) is 27.0 Å². The Morgan fingerprint density at radius 2 is 1.77 bits per heavy atom. The van der Waals surface area contributed by atoms with Crippen molar-refractivity contribution >= 4 is 33.3 Å². The van der Waals surface area contributed by atoms with Crippen LogP contribution in [-0.2, 0) is 6.42 Å². The van der Waals surface area contributed by atoms with Gasteiger partial charge in [-0.3, -0.25) is 0 Å². The highest BCUT2D eigenvalue weighted by Gasteiger charge is 2.18. The fourth-order valence-corrected chi connectivity index (χ4v) is 5.32. The van der Waals surface area contributed by atoms with Gasteiger partial charge in [-0.05, 0) is 32.0 Å². The van der Waals surface area contributed by atoms with Crippen LogP contribution in [0.4, 0.5) is 0 Å². The van der Waals surface area contributed by atoms with Gasteiger partial charge in [-0.15, -0.1) is 23.1 Å². The predicted molar refractivity (Wildman–Crippen MR) is 115 cm³/mol. The van der Waals surface area contributed by atoms with Crippen LogP contribution in [0, 0.1) is 6.92 Å². The molecule has 0 unspecified atom stereocenters. The van der Waals surface area contributed by atoms with Gasteiger partial charge in [0.25, 0.3) is 0 Å². The molecule has 1 aromatic carbocycles. The van der Waals surface area contributed by atoms with E-state index in [0.717, 1.165) is 41.7 Å². The highest BCUT2D eigenvalue weighted by molar-refractivity contribution is 7.99. The molecular formula is C21H27N3S2. The maximum absolute atomic E-state index is 4.65. The van der Waals surface area contributed by atoms with Crippen LogP contribution in [0.25, 0.3) is 21.3 Å². The van der Waals surface area contributed by atoms with Crippen molar-refractivity contribution in [1.29, 1.82) is 0 Å². The number of rotatable bonds is 8. The van der Waals surface area contributed by atoms with Gasteiger partial charge < -0.3 is 4.90 Å². The number of thiophene rings is 1. The summed E-state index contributed by atoms with van der Waals surface area (Å²) in [6, 6.07) is 8.84. The van der Waals surface area contributed by atoms with Crippen LogP contribution in [-0.4, -0.2) is 40.3 Å². The summed E-state index contributed by atoms with van der Waals surface area (Å²) >= 11 is 3.67. The van der Waals surface area contributed by atoms with Gasteiger partial charge >= 0.3 is 0 Å². The number of aryl methyl sites for hydroxylation is 2. The maximum atomic E-state index is 4.65. The normalized spacial score (nSPS) is 11.6. The smallest absolute Gasteiger partial charge is 0.128 e. The third-order valence-electron chi connectivity index (χ3n) is 4.73. The van der Waals surface area contributed by atoms with Gasteiger partial charge in [0, 0.05) is 22.7 Å². The molecule has 2 aromatic heterocycles. The second kappa shape index (κ2) is 8.98. The van der Waals surface area contributed by atoms with E-state index in [9.17, 15) is 0 Å². The Labute approximate surface area is 164 Å². The molecule has 5 heteroatoms. The summed E-state index contributed by atoms with van der Waals surface area (Å²) in [6.07, 6.45) is 2.74. The van der Waals surface area contributed by atoms with Crippen molar-refractivity contribution < 1.29 is 0 Å². The molecule has 0 saturated heterocycles. The molecule has 0 atom stereocenters. The van der Waals surface area contributed by atoms with Crippen LogP contribution in [0.3, 0.4) is 0 Å². The quantitative estimate of drug-likeness (QED) is 0.369. The second-order valence-corrected chi connectivity index (χ2v) is 8.52. The number of benzene rings is 1. The first-order chi connectivity index (χ1) is 12.7. The van der Waals surface area contributed by atoms with Gasteiger partial charge in [-0.1, -0.05) is 50.6 Å². The van der Waals surface area contributed by atoms with Crippen LogP contribution in [0.2, 0.25) is 0 Å². The Kier molecular flexibility index (Phi) is 6.68. The SMILES string of the molecule is CCc1sc2ncnc(SCCN(CC)CC)c2c1-c1ccc(C)cc1. The van der Waals surface area contributed by atoms with Crippen molar-refractivity contribution in [3.05, 3.63) is 41.0 Å². The number of hydrogen-bond donors (Lipinski definition) is 0. The van der Waals surface area contributed by atoms with Gasteiger partial charge in [0.2, 0.25) is 0 Å². The molecule has 0 fully saturated rings. The predicted octanol–water partition coefficient (Wildman–Crippen LogP) is 5.66. The zero-order valence-corrected chi connectivity index (χ0v) is 17.7. The van der Waals surface area contributed by atoms with E-state index in [1.807, 2.05) is 23.1 Å². The van der Waals surface area contributed by atoms with Crippen molar-refractivity contribution in [2.24, 2.45) is 0 Å². The zero-order valence-electron chi connectivity index (χ0n) is 16.1. The lowest BCUT2D eigenvalue weighted by atomic mass is 10.0. The first-order valence-corrected chi connectivity index (χ1v) is 11.2. The van der Waals surface area contributed by atoms with Crippen LogP contribution in [0.1, 0.15) is 31.2 Å². The lowest BCUT2D eigenvalue weighted by Gasteiger charge is -2.17. The van der Waals surface area contributed by atoms with Crippen molar-refractivity contribution in [2.75, 3.05) is 25.4 Å². The van der Waals surface area contributed by atoms with Gasteiger partial charge in [-0.2, -0.15) is 0 Å². The molecule has 0 saturated carbocycles. The van der Waals surface area contributed by atoms with E-state index in [2.05, 4.69) is 66.8 Å². The average Bonchev–Trinajstić information content (AvgIpc) is 3.05. The van der Waals surface area contributed by atoms with Crippen molar-refractivity contribution in [3.8, 4) is 11.1 Å². The summed E-state index contributed by atoms with van der Waals surface area (Å²) in [5.74, 6) is 1.05. The van der Waals surface area contributed by atoms with Crippen LogP contribution in [0.5, 0.6) is 0 Å². The summed E-state index contributed by atoms with van der Waals surface area (Å²) in [5.41, 5.74) is 3.90. The van der Waals surface area contributed by atoms with Crippen molar-refractivity contribution in [2.45, 2.75) is 39.1 Å². The third kappa shape index (κ3) is 4.11. The molecule has 2 heterocycles. The Hall–Kier alpha value is -1.43. The van der Waals surface area contributed by atoms with E-state index in [1.54, 1.807) is 6.33 Å². The molecule has 0 spiro atoms. The van der Waals surface area contributed by atoms with Crippen LogP contribution >= 0.6 is 23.1 Å². The number of hydrogen-bond acceptors (Lipinski definition) is 5. The van der Waals surface area contributed by atoms with Gasteiger partial charge in [-0.25, -0.2) is 9.97 Å². The van der Waals surface area contributed by atoms with Gasteiger partial charge in [0.05, 0.1) is 5.39 Å². The Morgan fingerprint density at radius 1 is 1.04 bits per heavy atom. The zero-order chi connectivity index (χ0) is 18.5. The molecule has 3 aromatic rings. The van der Waals surface area contributed by atoms with E-state index in [4.69, 9.17) is 0 Å². The summed E-state index contributed by atoms with van der Waals surface area (Å²) in [6.45, 7) is 12.1. The van der Waals surface area contributed by atoms with Gasteiger partial charge in [0.15, 0.2) is 0 Å². The summed E-state index contributed by atoms with van der Waals surface area (Å²) in [4.78, 5) is 14.2. The summed E-state index contributed by atoms with van der Waals surface area (Å²) in [7, 11) is 0. The molecule has 0 aliphatic rings. The third-order valence-corrected chi connectivity index (χ3v) is 6.94. The van der Waals surface area contributed by atoms with E-state index < -0.39 is 0 Å². The van der Waals surface area contributed by atoms with E-state index >= 15 is 0 Å². The molecule has 0 radical (unpaired) electrons. The minimum atomic E-state index is 1.02. The van der Waals surface area contributed by atoms with Crippen LogP contribution < -0.4 is 0 Å². The van der Waals surface area contributed by atoms with Crippen LogP contribution in [0.15, 0.2) is 35.6 Å². The monoisotopic (exact) mass is 385 g/mol. The minimum Gasteiger partial charge on any atom is -0.303 e. The number of fused-ring (bicyclic) bond motifs is 1. The number of nitrogens with zero attached hydrogens (tertiary/aromatic N) is 3. The maximum Gasteiger partial charge on any atom is 0.128 e. The Morgan fingerprint density at radius 3 is 2.42 bits per heavy atom. The summed E-state index contributed by atoms with van der Waals surface area (Å²) < 4.78 is 0. The summed E-state index contributed by atoms with van der Waals surface area (Å²) in [5, 5.41) is 2.36. The molecule has 0 aliphatic heterocycles. The number of aromatic nitrogens is 2. The van der Waals surface area contributed by atoms with Crippen molar-refractivity contribution in [1.82, 2.24) is 14.9 Å². The van der Waals surface area contributed by atoms with Crippen molar-refractivity contribution in [3.63, 3.8) is 0 Å².